The quantitative estimate of drug-likeness (QED) is 0.833. The lowest BCUT2D eigenvalue weighted by atomic mass is 10.1. The summed E-state index contributed by atoms with van der Waals surface area (Å²) in [6.07, 6.45) is 3.50. The molecular formula is C13H20BrNO. The summed E-state index contributed by atoms with van der Waals surface area (Å²) in [4.78, 5) is 0. The fourth-order valence-electron chi connectivity index (χ4n) is 1.75. The van der Waals surface area contributed by atoms with E-state index in [9.17, 15) is 5.11 Å². The monoisotopic (exact) mass is 285 g/mol. The second kappa shape index (κ2) is 6.92. The zero-order chi connectivity index (χ0) is 12.0. The maximum atomic E-state index is 9.69. The van der Waals surface area contributed by atoms with Crippen molar-refractivity contribution in [2.45, 2.75) is 45.7 Å². The normalized spacial score (nSPS) is 12.7. The average molecular weight is 286 g/mol. The van der Waals surface area contributed by atoms with E-state index in [1.165, 1.54) is 12.8 Å². The molecule has 0 amide bonds. The van der Waals surface area contributed by atoms with E-state index in [1.807, 2.05) is 12.1 Å². The van der Waals surface area contributed by atoms with Crippen molar-refractivity contribution < 1.29 is 5.11 Å². The van der Waals surface area contributed by atoms with E-state index >= 15 is 0 Å². The molecule has 0 spiro atoms. The van der Waals surface area contributed by atoms with E-state index in [1.54, 1.807) is 6.07 Å². The van der Waals surface area contributed by atoms with Gasteiger partial charge in [-0.15, -0.1) is 0 Å². The Morgan fingerprint density at radius 3 is 2.75 bits per heavy atom. The van der Waals surface area contributed by atoms with Crippen molar-refractivity contribution in [2.75, 3.05) is 0 Å². The molecule has 1 aromatic rings. The van der Waals surface area contributed by atoms with Gasteiger partial charge in [-0.2, -0.15) is 0 Å². The van der Waals surface area contributed by atoms with E-state index in [0.717, 1.165) is 23.0 Å². The first-order chi connectivity index (χ1) is 7.67. The molecule has 0 fully saturated rings. The van der Waals surface area contributed by atoms with Crippen molar-refractivity contribution >= 4 is 15.9 Å². The summed E-state index contributed by atoms with van der Waals surface area (Å²) in [5, 5.41) is 13.2. The van der Waals surface area contributed by atoms with Crippen molar-refractivity contribution in [2.24, 2.45) is 0 Å². The van der Waals surface area contributed by atoms with Gasteiger partial charge in [0, 0.05) is 22.6 Å². The molecule has 2 nitrogen and oxygen atoms in total. The molecule has 0 saturated carbocycles. The lowest BCUT2D eigenvalue weighted by molar-refractivity contribution is 0.439. The van der Waals surface area contributed by atoms with Crippen LogP contribution in [0.4, 0.5) is 0 Å². The highest BCUT2D eigenvalue weighted by Gasteiger charge is 2.06. The Morgan fingerprint density at radius 2 is 2.12 bits per heavy atom. The van der Waals surface area contributed by atoms with Gasteiger partial charge in [0.15, 0.2) is 0 Å². The van der Waals surface area contributed by atoms with Gasteiger partial charge < -0.3 is 10.4 Å². The number of halogens is 1. The SMILES string of the molecule is CCCC(CC)NCc1cc(Br)ccc1O. The van der Waals surface area contributed by atoms with Gasteiger partial charge in [-0.25, -0.2) is 0 Å². The molecular weight excluding hydrogens is 266 g/mol. The molecule has 0 aliphatic heterocycles. The summed E-state index contributed by atoms with van der Waals surface area (Å²) in [7, 11) is 0. The lowest BCUT2D eigenvalue weighted by Gasteiger charge is -2.16. The van der Waals surface area contributed by atoms with Crippen molar-refractivity contribution in [1.82, 2.24) is 5.32 Å². The Morgan fingerprint density at radius 1 is 1.38 bits per heavy atom. The fourth-order valence-corrected chi connectivity index (χ4v) is 2.16. The summed E-state index contributed by atoms with van der Waals surface area (Å²) >= 11 is 3.41. The Kier molecular flexibility index (Phi) is 5.85. The minimum absolute atomic E-state index is 0.363. The summed E-state index contributed by atoms with van der Waals surface area (Å²) in [5.74, 6) is 0.363. The fraction of sp³-hybridized carbons (Fsp3) is 0.538. The van der Waals surface area contributed by atoms with Crippen LogP contribution in [0.15, 0.2) is 22.7 Å². The number of rotatable bonds is 6. The number of benzene rings is 1. The molecule has 1 unspecified atom stereocenters. The highest BCUT2D eigenvalue weighted by atomic mass is 79.9. The maximum Gasteiger partial charge on any atom is 0.120 e. The number of phenols is 1. The topological polar surface area (TPSA) is 32.3 Å². The van der Waals surface area contributed by atoms with Crippen LogP contribution in [0.25, 0.3) is 0 Å². The third-order valence-electron chi connectivity index (χ3n) is 2.75. The van der Waals surface area contributed by atoms with E-state index < -0.39 is 0 Å². The lowest BCUT2D eigenvalue weighted by Crippen LogP contribution is -2.27. The molecule has 90 valence electrons. The van der Waals surface area contributed by atoms with Crippen LogP contribution < -0.4 is 5.32 Å². The molecule has 1 rings (SSSR count). The van der Waals surface area contributed by atoms with Gasteiger partial charge in [-0.1, -0.05) is 36.2 Å². The summed E-state index contributed by atoms with van der Waals surface area (Å²) in [5.41, 5.74) is 0.948. The number of hydrogen-bond donors (Lipinski definition) is 2. The van der Waals surface area contributed by atoms with Gasteiger partial charge in [0.05, 0.1) is 0 Å². The summed E-state index contributed by atoms with van der Waals surface area (Å²) in [6.45, 7) is 5.11. The largest absolute Gasteiger partial charge is 0.508 e. The standard InChI is InChI=1S/C13H20BrNO/c1-3-5-12(4-2)15-9-10-8-11(14)6-7-13(10)16/h6-8,12,15-16H,3-5,9H2,1-2H3. The zero-order valence-corrected chi connectivity index (χ0v) is 11.5. The average Bonchev–Trinajstić information content (AvgIpc) is 2.28. The first-order valence-corrected chi connectivity index (χ1v) is 6.67. The van der Waals surface area contributed by atoms with Gasteiger partial charge in [-0.05, 0) is 31.0 Å². The number of phenolic OH excluding ortho intramolecular Hbond substituents is 1. The number of nitrogens with one attached hydrogen (secondary N) is 1. The Labute approximate surface area is 106 Å². The molecule has 2 N–H and O–H groups in total. The zero-order valence-electron chi connectivity index (χ0n) is 9.96. The second-order valence-corrected chi connectivity index (χ2v) is 4.96. The predicted octanol–water partition coefficient (Wildman–Crippen LogP) is 3.82. The van der Waals surface area contributed by atoms with Gasteiger partial charge >= 0.3 is 0 Å². The van der Waals surface area contributed by atoms with Crippen LogP contribution in [0.3, 0.4) is 0 Å². The molecule has 1 aromatic carbocycles. The van der Waals surface area contributed by atoms with E-state index in [0.29, 0.717) is 11.8 Å². The van der Waals surface area contributed by atoms with Crippen LogP contribution in [-0.2, 0) is 6.54 Å². The van der Waals surface area contributed by atoms with Crippen molar-refractivity contribution in [3.63, 3.8) is 0 Å². The van der Waals surface area contributed by atoms with Gasteiger partial charge in [0.1, 0.15) is 5.75 Å². The van der Waals surface area contributed by atoms with Gasteiger partial charge in [0.2, 0.25) is 0 Å². The van der Waals surface area contributed by atoms with Gasteiger partial charge in [0.25, 0.3) is 0 Å². The molecule has 1 atom stereocenters. The first kappa shape index (κ1) is 13.5. The van der Waals surface area contributed by atoms with E-state index in [4.69, 9.17) is 0 Å². The number of aromatic hydroxyl groups is 1. The molecule has 0 radical (unpaired) electrons. The predicted molar refractivity (Wildman–Crippen MR) is 71.6 cm³/mol. The molecule has 3 heteroatoms. The van der Waals surface area contributed by atoms with E-state index in [-0.39, 0.29) is 0 Å². The van der Waals surface area contributed by atoms with Gasteiger partial charge in [-0.3, -0.25) is 0 Å². The van der Waals surface area contributed by atoms with Crippen LogP contribution >= 0.6 is 15.9 Å². The van der Waals surface area contributed by atoms with Crippen molar-refractivity contribution in [3.8, 4) is 5.75 Å². The van der Waals surface area contributed by atoms with Crippen LogP contribution in [0.2, 0.25) is 0 Å². The van der Waals surface area contributed by atoms with E-state index in [2.05, 4.69) is 35.1 Å². The maximum absolute atomic E-state index is 9.69. The first-order valence-electron chi connectivity index (χ1n) is 5.88. The highest BCUT2D eigenvalue weighted by molar-refractivity contribution is 9.10. The molecule has 0 aromatic heterocycles. The second-order valence-electron chi connectivity index (χ2n) is 4.05. The Balaban J connectivity index is 2.55. The summed E-state index contributed by atoms with van der Waals surface area (Å²) < 4.78 is 1.01. The van der Waals surface area contributed by atoms with Crippen LogP contribution in [0.5, 0.6) is 5.75 Å². The van der Waals surface area contributed by atoms with Crippen LogP contribution in [0.1, 0.15) is 38.7 Å². The van der Waals surface area contributed by atoms with Crippen LogP contribution in [0, 0.1) is 0 Å². The van der Waals surface area contributed by atoms with Crippen molar-refractivity contribution in [1.29, 1.82) is 0 Å². The molecule has 0 aliphatic rings. The Bertz CT molecular complexity index is 328. The Hall–Kier alpha value is -0.540. The van der Waals surface area contributed by atoms with Crippen LogP contribution in [-0.4, -0.2) is 11.1 Å². The minimum Gasteiger partial charge on any atom is -0.508 e. The molecule has 0 bridgehead atoms. The molecule has 16 heavy (non-hydrogen) atoms. The molecule has 0 saturated heterocycles. The third-order valence-corrected chi connectivity index (χ3v) is 3.25. The summed E-state index contributed by atoms with van der Waals surface area (Å²) in [6, 6.07) is 6.08. The minimum atomic E-state index is 0.363. The third kappa shape index (κ3) is 4.14. The highest BCUT2D eigenvalue weighted by Crippen LogP contribution is 2.21. The molecule has 0 aliphatic carbocycles. The van der Waals surface area contributed by atoms with Crippen molar-refractivity contribution in [3.05, 3.63) is 28.2 Å². The smallest absolute Gasteiger partial charge is 0.120 e. The number of hydrogen-bond acceptors (Lipinski definition) is 2. The molecule has 0 heterocycles.